The van der Waals surface area contributed by atoms with Crippen molar-refractivity contribution in [1.29, 1.82) is 5.26 Å². The molecule has 0 spiro atoms. The number of nitrogens with zero attached hydrogens (tertiary/aromatic N) is 2. The van der Waals surface area contributed by atoms with Crippen molar-refractivity contribution in [3.63, 3.8) is 0 Å². The van der Waals surface area contributed by atoms with Crippen LogP contribution in [0.15, 0.2) is 18.2 Å². The Morgan fingerprint density at radius 3 is 3.14 bits per heavy atom. The Morgan fingerprint density at radius 2 is 2.43 bits per heavy atom. The molecule has 14 heavy (non-hydrogen) atoms. The summed E-state index contributed by atoms with van der Waals surface area (Å²) in [6, 6.07) is 6.05. The first-order valence-electron chi connectivity index (χ1n) is 4.27. The Morgan fingerprint density at radius 1 is 1.64 bits per heavy atom. The summed E-state index contributed by atoms with van der Waals surface area (Å²) in [5.41, 5.74) is 0.628. The van der Waals surface area contributed by atoms with E-state index in [1.807, 2.05) is 0 Å². The van der Waals surface area contributed by atoms with Gasteiger partial charge >= 0.3 is 0 Å². The van der Waals surface area contributed by atoms with Gasteiger partial charge in [0.15, 0.2) is 6.04 Å². The summed E-state index contributed by atoms with van der Waals surface area (Å²) in [5.74, 6) is 0.304. The van der Waals surface area contributed by atoms with Crippen LogP contribution in [0.2, 0.25) is 0 Å². The minimum absolute atomic E-state index is 0.321. The van der Waals surface area contributed by atoms with Crippen LogP contribution in [0.4, 0.5) is 10.1 Å². The number of hydrogen-bond acceptors (Lipinski definition) is 3. The first kappa shape index (κ1) is 8.82. The van der Waals surface area contributed by atoms with Crippen molar-refractivity contribution in [3.05, 3.63) is 24.0 Å². The molecular formula is C10H9FN2O. The molecule has 1 aromatic rings. The number of anilines is 1. The van der Waals surface area contributed by atoms with Crippen molar-refractivity contribution >= 4 is 5.69 Å². The molecule has 0 saturated heterocycles. The third kappa shape index (κ3) is 1.27. The average molecular weight is 192 g/mol. The van der Waals surface area contributed by atoms with Gasteiger partial charge in [-0.15, -0.1) is 0 Å². The predicted octanol–water partition coefficient (Wildman–Crippen LogP) is 1.55. The van der Waals surface area contributed by atoms with E-state index in [9.17, 15) is 4.39 Å². The van der Waals surface area contributed by atoms with Gasteiger partial charge in [0.05, 0.1) is 11.8 Å². The van der Waals surface area contributed by atoms with E-state index >= 15 is 0 Å². The zero-order valence-electron chi connectivity index (χ0n) is 7.70. The number of likely N-dealkylation sites (N-methyl/N-ethyl adjacent to an activating group) is 1. The molecule has 0 aromatic heterocycles. The standard InChI is InChI=1S/C10H9FN2O/c1-13-8(5-12)6-14-10-3-2-7(11)4-9(10)13/h2-4,8H,6H2,1H3. The predicted molar refractivity (Wildman–Crippen MR) is 49.7 cm³/mol. The molecule has 0 saturated carbocycles. The van der Waals surface area contributed by atoms with E-state index in [-0.39, 0.29) is 11.9 Å². The average Bonchev–Trinajstić information content (AvgIpc) is 2.20. The number of halogens is 1. The number of nitriles is 1. The zero-order chi connectivity index (χ0) is 10.1. The van der Waals surface area contributed by atoms with Crippen LogP contribution in [0.3, 0.4) is 0 Å². The Balaban J connectivity index is 2.44. The molecule has 0 bridgehead atoms. The van der Waals surface area contributed by atoms with Gasteiger partial charge in [0, 0.05) is 13.1 Å². The molecule has 0 radical (unpaired) electrons. The van der Waals surface area contributed by atoms with E-state index in [1.54, 1.807) is 18.0 Å². The lowest BCUT2D eigenvalue weighted by Crippen LogP contribution is -2.39. The Labute approximate surface area is 81.3 Å². The Bertz CT molecular complexity index is 400. The molecule has 1 heterocycles. The van der Waals surface area contributed by atoms with Crippen LogP contribution in [-0.2, 0) is 0 Å². The third-order valence-corrected chi connectivity index (χ3v) is 2.31. The topological polar surface area (TPSA) is 36.3 Å². The highest BCUT2D eigenvalue weighted by atomic mass is 19.1. The van der Waals surface area contributed by atoms with E-state index < -0.39 is 0 Å². The van der Waals surface area contributed by atoms with Crippen LogP contribution >= 0.6 is 0 Å². The van der Waals surface area contributed by atoms with E-state index in [4.69, 9.17) is 10.00 Å². The first-order valence-corrected chi connectivity index (χ1v) is 4.27. The van der Waals surface area contributed by atoms with Gasteiger partial charge in [-0.3, -0.25) is 0 Å². The molecule has 1 unspecified atom stereocenters. The van der Waals surface area contributed by atoms with Crippen LogP contribution in [-0.4, -0.2) is 19.7 Å². The molecule has 2 rings (SSSR count). The molecule has 1 aliphatic rings. The van der Waals surface area contributed by atoms with Gasteiger partial charge in [0.2, 0.25) is 0 Å². The van der Waals surface area contributed by atoms with Crippen molar-refractivity contribution in [2.24, 2.45) is 0 Å². The molecule has 1 atom stereocenters. The summed E-state index contributed by atoms with van der Waals surface area (Å²) >= 11 is 0. The van der Waals surface area contributed by atoms with Crippen LogP contribution in [0.25, 0.3) is 0 Å². The summed E-state index contributed by atoms with van der Waals surface area (Å²) < 4.78 is 18.3. The molecule has 0 fully saturated rings. The van der Waals surface area contributed by atoms with Crippen LogP contribution in [0.1, 0.15) is 0 Å². The fourth-order valence-corrected chi connectivity index (χ4v) is 1.46. The lowest BCUT2D eigenvalue weighted by Gasteiger charge is -2.31. The molecule has 1 aromatic carbocycles. The monoisotopic (exact) mass is 192 g/mol. The smallest absolute Gasteiger partial charge is 0.151 e. The first-order chi connectivity index (χ1) is 6.72. The summed E-state index contributed by atoms with van der Waals surface area (Å²) in [5, 5.41) is 8.79. The lowest BCUT2D eigenvalue weighted by molar-refractivity contribution is 0.288. The van der Waals surface area contributed by atoms with Crippen LogP contribution in [0.5, 0.6) is 5.75 Å². The van der Waals surface area contributed by atoms with Crippen molar-refractivity contribution in [3.8, 4) is 11.8 Å². The minimum atomic E-state index is -0.343. The van der Waals surface area contributed by atoms with Gasteiger partial charge in [0.25, 0.3) is 0 Å². The second-order valence-electron chi connectivity index (χ2n) is 3.18. The highest BCUT2D eigenvalue weighted by molar-refractivity contribution is 5.61. The van der Waals surface area contributed by atoms with E-state index in [2.05, 4.69) is 6.07 Å². The number of fused-ring (bicyclic) bond motifs is 1. The number of rotatable bonds is 0. The zero-order valence-corrected chi connectivity index (χ0v) is 7.70. The maximum atomic E-state index is 12.9. The van der Waals surface area contributed by atoms with Crippen molar-refractivity contribution in [2.45, 2.75) is 6.04 Å². The number of hydrogen-bond donors (Lipinski definition) is 0. The van der Waals surface area contributed by atoms with E-state index in [0.29, 0.717) is 18.0 Å². The minimum Gasteiger partial charge on any atom is -0.488 e. The molecule has 0 N–H and O–H groups in total. The summed E-state index contributed by atoms with van der Waals surface area (Å²) in [6.45, 7) is 0.325. The van der Waals surface area contributed by atoms with Gasteiger partial charge in [-0.25, -0.2) is 4.39 Å². The molecular weight excluding hydrogens is 183 g/mol. The normalized spacial score (nSPS) is 19.5. The summed E-state index contributed by atoms with van der Waals surface area (Å²) in [7, 11) is 1.76. The second kappa shape index (κ2) is 3.18. The third-order valence-electron chi connectivity index (χ3n) is 2.31. The molecule has 72 valence electrons. The molecule has 4 heteroatoms. The maximum absolute atomic E-state index is 12.9. The van der Waals surface area contributed by atoms with Gasteiger partial charge in [0.1, 0.15) is 18.2 Å². The van der Waals surface area contributed by atoms with Gasteiger partial charge in [-0.05, 0) is 12.1 Å². The van der Waals surface area contributed by atoms with Crippen molar-refractivity contribution < 1.29 is 9.13 Å². The van der Waals surface area contributed by atoms with Gasteiger partial charge in [-0.1, -0.05) is 0 Å². The van der Waals surface area contributed by atoms with Crippen molar-refractivity contribution in [2.75, 3.05) is 18.6 Å². The lowest BCUT2D eigenvalue weighted by atomic mass is 10.2. The summed E-state index contributed by atoms with van der Waals surface area (Å²) in [4.78, 5) is 1.72. The highest BCUT2D eigenvalue weighted by Gasteiger charge is 2.24. The quantitative estimate of drug-likeness (QED) is 0.625. The molecule has 0 amide bonds. The second-order valence-corrected chi connectivity index (χ2v) is 3.18. The number of ether oxygens (including phenoxy) is 1. The highest BCUT2D eigenvalue weighted by Crippen LogP contribution is 2.32. The van der Waals surface area contributed by atoms with E-state index in [1.165, 1.54) is 12.1 Å². The fraction of sp³-hybridized carbons (Fsp3) is 0.300. The maximum Gasteiger partial charge on any atom is 0.151 e. The van der Waals surface area contributed by atoms with Crippen molar-refractivity contribution in [1.82, 2.24) is 0 Å². The van der Waals surface area contributed by atoms with Crippen LogP contribution < -0.4 is 9.64 Å². The van der Waals surface area contributed by atoms with Crippen LogP contribution in [0, 0.1) is 17.1 Å². The van der Waals surface area contributed by atoms with E-state index in [0.717, 1.165) is 0 Å². The summed E-state index contributed by atoms with van der Waals surface area (Å²) in [6.07, 6.45) is 0. The SMILES string of the molecule is CN1c2cc(F)ccc2OCC1C#N. The van der Waals surface area contributed by atoms with Gasteiger partial charge < -0.3 is 9.64 Å². The largest absolute Gasteiger partial charge is 0.488 e. The molecule has 1 aliphatic heterocycles. The Kier molecular flexibility index (Phi) is 2.01. The number of benzene rings is 1. The molecule has 0 aliphatic carbocycles. The fourth-order valence-electron chi connectivity index (χ4n) is 1.46. The van der Waals surface area contributed by atoms with Gasteiger partial charge in [-0.2, -0.15) is 5.26 Å². The molecule has 3 nitrogen and oxygen atoms in total. The Hall–Kier alpha value is -1.76.